The molecule has 4 aliphatic rings. The first kappa shape index (κ1) is 33.0. The molecule has 0 heterocycles. The molecule has 3 aromatic carbocycles. The lowest BCUT2D eigenvalue weighted by Crippen LogP contribution is -2.64. The second-order valence-electron chi connectivity index (χ2n) is 17.1. The normalized spacial score (nSPS) is 35.4. The van der Waals surface area contributed by atoms with Crippen LogP contribution in [-0.2, 0) is 16.5 Å². The maximum atomic E-state index is 12.1. The van der Waals surface area contributed by atoms with E-state index < -0.39 is 20.5 Å². The van der Waals surface area contributed by atoms with Crippen molar-refractivity contribution in [2.45, 2.75) is 109 Å². The Morgan fingerprint density at radius 3 is 1.87 bits per heavy atom. The first-order valence-electron chi connectivity index (χ1n) is 18.3. The van der Waals surface area contributed by atoms with E-state index in [1.54, 1.807) is 0 Å². The summed E-state index contributed by atoms with van der Waals surface area (Å²) in [5.74, 6) is 0.960. The Bertz CT molecular complexity index is 1510. The van der Waals surface area contributed by atoms with Gasteiger partial charge in [-0.3, -0.25) is 0 Å². The predicted molar refractivity (Wildman–Crippen MR) is 195 cm³/mol. The molecular weight excluding hydrogens is 593 g/mol. The molecule has 0 amide bonds. The highest BCUT2D eigenvalue weighted by molar-refractivity contribution is 6.75. The zero-order valence-corrected chi connectivity index (χ0v) is 30.2. The summed E-state index contributed by atoms with van der Waals surface area (Å²) in [5.41, 5.74) is 5.53. The summed E-state index contributed by atoms with van der Waals surface area (Å²) in [6, 6.07) is 34.7. The molecule has 3 aromatic rings. The van der Waals surface area contributed by atoms with Crippen LogP contribution in [0.25, 0.3) is 5.57 Å². The quantitative estimate of drug-likeness (QED) is 0.251. The molecular formula is C43H56O3Si. The van der Waals surface area contributed by atoms with Gasteiger partial charge in [0.1, 0.15) is 0 Å². The van der Waals surface area contributed by atoms with Gasteiger partial charge in [0, 0.05) is 6.10 Å². The largest absolute Gasteiger partial charge is 0.413 e. The van der Waals surface area contributed by atoms with E-state index in [2.05, 4.69) is 132 Å². The Morgan fingerprint density at radius 1 is 0.723 bits per heavy atom. The van der Waals surface area contributed by atoms with Gasteiger partial charge >= 0.3 is 0 Å². The number of fused-ring (bicyclic) bond motifs is 5. The van der Waals surface area contributed by atoms with Crippen molar-refractivity contribution in [2.24, 2.45) is 34.5 Å². The molecule has 47 heavy (non-hydrogen) atoms. The van der Waals surface area contributed by atoms with Gasteiger partial charge in [-0.15, -0.1) is 0 Å². The summed E-state index contributed by atoms with van der Waals surface area (Å²) in [6.07, 6.45) is 7.33. The topological polar surface area (TPSA) is 49.7 Å². The maximum Gasteiger partial charge on any atom is 0.207 e. The third-order valence-electron chi connectivity index (χ3n) is 13.8. The minimum Gasteiger partial charge on any atom is -0.413 e. The van der Waals surface area contributed by atoms with Crippen molar-refractivity contribution in [2.75, 3.05) is 0 Å². The molecule has 4 aliphatic carbocycles. The van der Waals surface area contributed by atoms with E-state index in [0.29, 0.717) is 11.8 Å². The summed E-state index contributed by atoms with van der Waals surface area (Å²) in [4.78, 5) is 0. The molecule has 0 saturated heterocycles. The van der Waals surface area contributed by atoms with Gasteiger partial charge in [0.05, 0.1) is 12.2 Å². The highest BCUT2D eigenvalue weighted by Gasteiger charge is 2.64. The van der Waals surface area contributed by atoms with Gasteiger partial charge in [-0.25, -0.2) is 0 Å². The minimum absolute atomic E-state index is 0.00477. The smallest absolute Gasteiger partial charge is 0.207 e. The number of rotatable bonds is 7. The lowest BCUT2D eigenvalue weighted by molar-refractivity contribution is -0.216. The molecule has 0 spiro atoms. The Balaban J connectivity index is 1.16. The van der Waals surface area contributed by atoms with E-state index in [9.17, 15) is 10.2 Å². The van der Waals surface area contributed by atoms with Crippen LogP contribution in [0.15, 0.2) is 97.1 Å². The average Bonchev–Trinajstić information content (AvgIpc) is 3.42. The number of aliphatic hydroxyl groups excluding tert-OH is 2. The first-order valence-corrected chi connectivity index (χ1v) is 20.7. The van der Waals surface area contributed by atoms with Crippen molar-refractivity contribution in [1.29, 1.82) is 0 Å². The van der Waals surface area contributed by atoms with Crippen molar-refractivity contribution in [3.8, 4) is 0 Å². The van der Waals surface area contributed by atoms with Crippen molar-refractivity contribution in [3.05, 3.63) is 114 Å². The molecule has 3 saturated carbocycles. The van der Waals surface area contributed by atoms with E-state index in [4.69, 9.17) is 4.43 Å². The standard InChI is InChI=1S/C43H56O3Si/c1-41(2,3)47(28-30-15-9-6-10-16-30,29-31-17-11-7-12-18-31)46-33-23-25-43(5)36-24-26-42(4)34(32-19-13-8-14-20-32)21-22-35(42)38(36)40(45)39(44)37(43)27-33/h6-21,33,35-40,44-45H,22-29H2,1-5H3/t33-,35-,36-,37+,38-,39+,40+,42+,43+/m0/s1. The van der Waals surface area contributed by atoms with Crippen LogP contribution in [0.5, 0.6) is 0 Å². The Hall–Kier alpha value is -2.50. The van der Waals surface area contributed by atoms with Crippen molar-refractivity contribution < 1.29 is 14.6 Å². The summed E-state index contributed by atoms with van der Waals surface area (Å²) < 4.78 is 7.65. The lowest BCUT2D eigenvalue weighted by Gasteiger charge is -2.64. The number of allylic oxidation sites excluding steroid dienone is 2. The summed E-state index contributed by atoms with van der Waals surface area (Å²) in [7, 11) is -2.44. The molecule has 2 N–H and O–H groups in total. The molecule has 4 heteroatoms. The van der Waals surface area contributed by atoms with Gasteiger partial charge in [-0.05, 0) is 112 Å². The lowest BCUT2D eigenvalue weighted by atomic mass is 9.43. The van der Waals surface area contributed by atoms with Crippen LogP contribution >= 0.6 is 0 Å². The Morgan fingerprint density at radius 2 is 1.30 bits per heavy atom. The molecule has 0 bridgehead atoms. The van der Waals surface area contributed by atoms with E-state index in [1.165, 1.54) is 22.3 Å². The highest BCUT2D eigenvalue weighted by Crippen LogP contribution is 2.67. The van der Waals surface area contributed by atoms with Crippen LogP contribution in [-0.4, -0.2) is 36.8 Å². The molecule has 0 unspecified atom stereocenters. The van der Waals surface area contributed by atoms with Gasteiger partial charge in [-0.1, -0.05) is 132 Å². The van der Waals surface area contributed by atoms with Crippen molar-refractivity contribution in [1.82, 2.24) is 0 Å². The van der Waals surface area contributed by atoms with Crippen LogP contribution in [0.1, 0.15) is 89.8 Å². The fraction of sp³-hybridized carbons (Fsp3) is 0.535. The zero-order chi connectivity index (χ0) is 33.0. The monoisotopic (exact) mass is 648 g/mol. The summed E-state index contributed by atoms with van der Waals surface area (Å²) >= 11 is 0. The van der Waals surface area contributed by atoms with Crippen molar-refractivity contribution >= 4 is 13.9 Å². The van der Waals surface area contributed by atoms with Crippen molar-refractivity contribution in [3.63, 3.8) is 0 Å². The third-order valence-corrected chi connectivity index (χ3v) is 19.3. The van der Waals surface area contributed by atoms with E-state index in [-0.39, 0.29) is 33.8 Å². The molecule has 3 fully saturated rings. The second kappa shape index (κ2) is 12.4. The van der Waals surface area contributed by atoms with Gasteiger partial charge in [0.2, 0.25) is 8.32 Å². The Labute approximate surface area is 284 Å². The molecule has 250 valence electrons. The fourth-order valence-electron chi connectivity index (χ4n) is 11.0. The molecule has 0 aliphatic heterocycles. The SMILES string of the molecule is CC(C)(C)[Si](Cc1ccccc1)(Cc1ccccc1)O[C@H]1CC[C@@]2(C)[C@H](C1)[C@@H](O)[C@H](O)[C@@H]1[C@@H]2CC[C@]2(C)C(c3ccccc3)=CC[C@@H]12. The zero-order valence-electron chi connectivity index (χ0n) is 29.2. The molecule has 0 aromatic heterocycles. The van der Waals surface area contributed by atoms with Crippen LogP contribution in [0.4, 0.5) is 0 Å². The highest BCUT2D eigenvalue weighted by atomic mass is 28.4. The number of benzene rings is 3. The first-order chi connectivity index (χ1) is 22.5. The fourth-order valence-corrected chi connectivity index (χ4v) is 15.3. The van der Waals surface area contributed by atoms with Crippen LogP contribution in [0.3, 0.4) is 0 Å². The van der Waals surface area contributed by atoms with Crippen LogP contribution < -0.4 is 0 Å². The number of hydrogen-bond acceptors (Lipinski definition) is 3. The minimum atomic E-state index is -2.44. The third kappa shape index (κ3) is 5.71. The Kier molecular flexibility index (Phi) is 8.73. The number of aliphatic hydroxyl groups is 2. The molecule has 7 rings (SSSR count). The van der Waals surface area contributed by atoms with Gasteiger partial charge in [0.25, 0.3) is 0 Å². The predicted octanol–water partition coefficient (Wildman–Crippen LogP) is 9.36. The van der Waals surface area contributed by atoms with Gasteiger partial charge < -0.3 is 14.6 Å². The molecule has 0 radical (unpaired) electrons. The average molecular weight is 649 g/mol. The second-order valence-corrected chi connectivity index (χ2v) is 21.6. The van der Waals surface area contributed by atoms with Gasteiger partial charge in [0.15, 0.2) is 0 Å². The number of hydrogen-bond donors (Lipinski definition) is 2. The summed E-state index contributed by atoms with van der Waals surface area (Å²) in [6.45, 7) is 12.1. The van der Waals surface area contributed by atoms with Crippen LogP contribution in [0.2, 0.25) is 5.04 Å². The molecule has 3 nitrogen and oxygen atoms in total. The van der Waals surface area contributed by atoms with Gasteiger partial charge in [-0.2, -0.15) is 0 Å². The maximum absolute atomic E-state index is 12.1. The van der Waals surface area contributed by atoms with E-state index >= 15 is 0 Å². The van der Waals surface area contributed by atoms with E-state index in [0.717, 1.165) is 50.6 Å². The molecule has 9 atom stereocenters. The van der Waals surface area contributed by atoms with E-state index in [1.807, 2.05) is 0 Å². The van der Waals surface area contributed by atoms with Crippen LogP contribution in [0, 0.1) is 34.5 Å². The summed E-state index contributed by atoms with van der Waals surface area (Å²) in [5, 5.41) is 24.2.